The van der Waals surface area contributed by atoms with Gasteiger partial charge < -0.3 is 10.1 Å². The van der Waals surface area contributed by atoms with Crippen molar-refractivity contribution in [1.82, 2.24) is 20.2 Å². The van der Waals surface area contributed by atoms with E-state index in [1.807, 2.05) is 13.8 Å². The molecule has 1 fully saturated rings. The highest BCUT2D eigenvalue weighted by Gasteiger charge is 2.25. The summed E-state index contributed by atoms with van der Waals surface area (Å²) in [6, 6.07) is -0.566. The standard InChI is InChI=1S/C19H26N4O4S2/c1-5-13-10(2)28-16-14(13)17(25)23(9-12-7-6-8-27-12)19(22-16)29-11(3)15(24)21-18(26)20-4/h11-12H,5-9H2,1-4H3,(H2,20,21,24,26). The van der Waals surface area contributed by atoms with Gasteiger partial charge >= 0.3 is 6.03 Å². The first kappa shape index (κ1) is 21.8. The van der Waals surface area contributed by atoms with Gasteiger partial charge in [0.25, 0.3) is 5.56 Å². The zero-order valence-corrected chi connectivity index (χ0v) is 18.7. The highest BCUT2D eigenvalue weighted by atomic mass is 32.2. The second kappa shape index (κ2) is 9.27. The molecule has 1 aliphatic heterocycles. The number of imide groups is 1. The largest absolute Gasteiger partial charge is 0.376 e. The second-order valence-electron chi connectivity index (χ2n) is 6.94. The monoisotopic (exact) mass is 438 g/mol. The van der Waals surface area contributed by atoms with Crippen LogP contribution >= 0.6 is 23.1 Å². The molecule has 29 heavy (non-hydrogen) atoms. The smallest absolute Gasteiger partial charge is 0.321 e. The van der Waals surface area contributed by atoms with Crippen LogP contribution in [0.2, 0.25) is 0 Å². The number of urea groups is 1. The number of hydrogen-bond acceptors (Lipinski definition) is 7. The first-order chi connectivity index (χ1) is 13.8. The fraction of sp³-hybridized carbons (Fsp3) is 0.579. The summed E-state index contributed by atoms with van der Waals surface area (Å²) in [5.74, 6) is -0.441. The molecule has 0 bridgehead atoms. The Kier molecular flexibility index (Phi) is 6.97. The first-order valence-corrected chi connectivity index (χ1v) is 11.4. The van der Waals surface area contributed by atoms with Crippen LogP contribution in [0.5, 0.6) is 0 Å². The number of thioether (sulfide) groups is 1. The van der Waals surface area contributed by atoms with E-state index in [2.05, 4.69) is 10.6 Å². The van der Waals surface area contributed by atoms with Crippen molar-refractivity contribution in [2.75, 3.05) is 13.7 Å². The summed E-state index contributed by atoms with van der Waals surface area (Å²) < 4.78 is 7.37. The molecular formula is C19H26N4O4S2. The van der Waals surface area contributed by atoms with Crippen LogP contribution in [-0.4, -0.2) is 46.5 Å². The Balaban J connectivity index is 2.00. The van der Waals surface area contributed by atoms with Crippen LogP contribution in [0.3, 0.4) is 0 Å². The van der Waals surface area contributed by atoms with E-state index < -0.39 is 17.2 Å². The number of nitrogens with one attached hydrogen (secondary N) is 2. The van der Waals surface area contributed by atoms with Gasteiger partial charge in [-0.1, -0.05) is 18.7 Å². The van der Waals surface area contributed by atoms with Crippen LogP contribution in [0.4, 0.5) is 4.79 Å². The summed E-state index contributed by atoms with van der Waals surface area (Å²) in [4.78, 5) is 43.7. The molecule has 8 nitrogen and oxygen atoms in total. The minimum Gasteiger partial charge on any atom is -0.376 e. The molecule has 158 valence electrons. The molecule has 3 amide bonds. The summed E-state index contributed by atoms with van der Waals surface area (Å²) in [6.07, 6.45) is 2.59. The van der Waals surface area contributed by atoms with Crippen molar-refractivity contribution in [3.05, 3.63) is 20.8 Å². The molecule has 2 aromatic rings. The van der Waals surface area contributed by atoms with Gasteiger partial charge in [-0.15, -0.1) is 11.3 Å². The Bertz CT molecular complexity index is 979. The number of amides is 3. The molecule has 2 aromatic heterocycles. The molecule has 1 aliphatic rings. The number of thiophene rings is 1. The number of fused-ring (bicyclic) bond motifs is 1. The third-order valence-corrected chi connectivity index (χ3v) is 7.09. The van der Waals surface area contributed by atoms with Crippen LogP contribution in [0.25, 0.3) is 10.2 Å². The third-order valence-electron chi connectivity index (χ3n) is 4.96. The number of rotatable bonds is 6. The van der Waals surface area contributed by atoms with Gasteiger partial charge in [0.15, 0.2) is 5.16 Å². The Labute approximate surface area is 177 Å². The minimum atomic E-state index is -0.598. The molecule has 1 saturated heterocycles. The second-order valence-corrected chi connectivity index (χ2v) is 9.46. The van der Waals surface area contributed by atoms with Crippen molar-refractivity contribution in [3.63, 3.8) is 0 Å². The summed E-state index contributed by atoms with van der Waals surface area (Å²) in [5, 5.41) is 5.17. The highest BCUT2D eigenvalue weighted by molar-refractivity contribution is 8.00. The van der Waals surface area contributed by atoms with Gasteiger partial charge in [0.2, 0.25) is 5.91 Å². The fourth-order valence-electron chi connectivity index (χ4n) is 3.39. The maximum atomic E-state index is 13.4. The Morgan fingerprint density at radius 1 is 1.45 bits per heavy atom. The first-order valence-electron chi connectivity index (χ1n) is 9.69. The predicted octanol–water partition coefficient (Wildman–Crippen LogP) is 2.44. The van der Waals surface area contributed by atoms with Crippen molar-refractivity contribution in [2.45, 2.75) is 63.1 Å². The van der Waals surface area contributed by atoms with Crippen LogP contribution in [-0.2, 0) is 22.5 Å². The topological polar surface area (TPSA) is 102 Å². The molecule has 0 aliphatic carbocycles. The van der Waals surface area contributed by atoms with Crippen LogP contribution in [0.1, 0.15) is 37.1 Å². The van der Waals surface area contributed by atoms with E-state index >= 15 is 0 Å². The summed E-state index contributed by atoms with van der Waals surface area (Å²) in [6.45, 7) is 6.83. The van der Waals surface area contributed by atoms with E-state index in [1.165, 1.54) is 30.1 Å². The number of carbonyl (C=O) groups excluding carboxylic acids is 2. The number of carbonyl (C=O) groups is 2. The lowest BCUT2D eigenvalue weighted by Crippen LogP contribution is -2.41. The van der Waals surface area contributed by atoms with E-state index in [0.29, 0.717) is 28.5 Å². The normalized spacial score (nSPS) is 17.4. The summed E-state index contributed by atoms with van der Waals surface area (Å²) in [5.41, 5.74) is 0.943. The molecule has 0 saturated carbocycles. The van der Waals surface area contributed by atoms with Crippen LogP contribution in [0.15, 0.2) is 9.95 Å². The fourth-order valence-corrected chi connectivity index (χ4v) is 5.46. The molecule has 0 radical (unpaired) electrons. The lowest BCUT2D eigenvalue weighted by Gasteiger charge is -2.18. The van der Waals surface area contributed by atoms with E-state index in [1.54, 1.807) is 11.5 Å². The Morgan fingerprint density at radius 3 is 2.83 bits per heavy atom. The Hall–Kier alpha value is -1.91. The Morgan fingerprint density at radius 2 is 2.21 bits per heavy atom. The van der Waals surface area contributed by atoms with Crippen molar-refractivity contribution in [2.24, 2.45) is 0 Å². The molecule has 2 atom stereocenters. The van der Waals surface area contributed by atoms with E-state index in [-0.39, 0.29) is 11.7 Å². The number of hydrogen-bond donors (Lipinski definition) is 2. The average Bonchev–Trinajstić information content (AvgIpc) is 3.31. The van der Waals surface area contributed by atoms with Gasteiger partial charge in [-0.3, -0.25) is 19.5 Å². The molecule has 2 N–H and O–H groups in total. The summed E-state index contributed by atoms with van der Waals surface area (Å²) in [7, 11) is 1.44. The predicted molar refractivity (Wildman–Crippen MR) is 115 cm³/mol. The van der Waals surface area contributed by atoms with Gasteiger partial charge in [0, 0.05) is 18.5 Å². The van der Waals surface area contributed by atoms with Crippen molar-refractivity contribution in [1.29, 1.82) is 0 Å². The van der Waals surface area contributed by atoms with E-state index in [0.717, 1.165) is 29.7 Å². The lowest BCUT2D eigenvalue weighted by atomic mass is 10.1. The zero-order valence-electron chi connectivity index (χ0n) is 17.0. The quantitative estimate of drug-likeness (QED) is 0.531. The highest BCUT2D eigenvalue weighted by Crippen LogP contribution is 2.31. The maximum absolute atomic E-state index is 13.4. The maximum Gasteiger partial charge on any atom is 0.321 e. The van der Waals surface area contributed by atoms with Crippen molar-refractivity contribution < 1.29 is 14.3 Å². The van der Waals surface area contributed by atoms with Gasteiger partial charge in [-0.05, 0) is 38.7 Å². The SMILES string of the molecule is CCc1c(C)sc2nc(SC(C)C(=O)NC(=O)NC)n(CC3CCCO3)c(=O)c12. The van der Waals surface area contributed by atoms with Gasteiger partial charge in [0.1, 0.15) is 4.83 Å². The number of nitrogens with zero attached hydrogens (tertiary/aromatic N) is 2. The molecule has 0 spiro atoms. The van der Waals surface area contributed by atoms with Crippen molar-refractivity contribution >= 4 is 45.3 Å². The van der Waals surface area contributed by atoms with Gasteiger partial charge in [0.05, 0.1) is 23.3 Å². The van der Waals surface area contributed by atoms with Crippen molar-refractivity contribution in [3.8, 4) is 0 Å². The van der Waals surface area contributed by atoms with Crippen LogP contribution < -0.4 is 16.2 Å². The molecule has 3 heterocycles. The van der Waals surface area contributed by atoms with E-state index in [9.17, 15) is 14.4 Å². The molecule has 10 heteroatoms. The minimum absolute atomic E-state index is 0.0360. The van der Waals surface area contributed by atoms with E-state index in [4.69, 9.17) is 9.72 Å². The van der Waals surface area contributed by atoms with Crippen LogP contribution in [0, 0.1) is 6.92 Å². The molecule has 2 unspecified atom stereocenters. The summed E-state index contributed by atoms with van der Waals surface area (Å²) >= 11 is 2.68. The number of aryl methyl sites for hydroxylation is 2. The lowest BCUT2D eigenvalue weighted by molar-refractivity contribution is -0.119. The molecule has 0 aromatic carbocycles. The number of aromatic nitrogens is 2. The molecule has 3 rings (SSSR count). The van der Waals surface area contributed by atoms with Gasteiger partial charge in [-0.25, -0.2) is 9.78 Å². The average molecular weight is 439 g/mol. The molecular weight excluding hydrogens is 412 g/mol. The van der Waals surface area contributed by atoms with Gasteiger partial charge in [-0.2, -0.15) is 0 Å². The third kappa shape index (κ3) is 4.65. The zero-order chi connectivity index (χ0) is 21.1. The number of ether oxygens (including phenoxy) is 1.